The van der Waals surface area contributed by atoms with Crippen molar-refractivity contribution < 1.29 is 18.3 Å². The van der Waals surface area contributed by atoms with Crippen LogP contribution in [0.1, 0.15) is 30.1 Å². The van der Waals surface area contributed by atoms with E-state index in [0.717, 1.165) is 18.6 Å². The molecular formula is C13H18O4S2. The van der Waals surface area contributed by atoms with Gasteiger partial charge in [0.1, 0.15) is 0 Å². The topological polar surface area (TPSA) is 71.4 Å². The normalized spacial score (nSPS) is 11.4. The van der Waals surface area contributed by atoms with Crippen LogP contribution in [0.3, 0.4) is 0 Å². The molecule has 0 bridgehead atoms. The van der Waals surface area contributed by atoms with Gasteiger partial charge in [0.15, 0.2) is 9.84 Å². The van der Waals surface area contributed by atoms with E-state index in [1.807, 2.05) is 0 Å². The maximum atomic E-state index is 12.0. The number of sulfone groups is 1. The monoisotopic (exact) mass is 302 g/mol. The van der Waals surface area contributed by atoms with Crippen LogP contribution in [0.2, 0.25) is 0 Å². The van der Waals surface area contributed by atoms with E-state index in [2.05, 4.69) is 6.92 Å². The molecule has 0 saturated carbocycles. The van der Waals surface area contributed by atoms with Gasteiger partial charge in [0.25, 0.3) is 0 Å². The van der Waals surface area contributed by atoms with Crippen LogP contribution in [-0.4, -0.2) is 36.8 Å². The summed E-state index contributed by atoms with van der Waals surface area (Å²) in [6.07, 6.45) is 2.20. The van der Waals surface area contributed by atoms with Crippen LogP contribution in [0.4, 0.5) is 0 Å². The zero-order chi connectivity index (χ0) is 14.3. The molecule has 1 aromatic rings. The van der Waals surface area contributed by atoms with Gasteiger partial charge in [0, 0.05) is 5.75 Å². The van der Waals surface area contributed by atoms with Crippen LogP contribution in [0.5, 0.6) is 0 Å². The highest BCUT2D eigenvalue weighted by Gasteiger charge is 2.14. The highest BCUT2D eigenvalue weighted by molar-refractivity contribution is 8.00. The molecular weight excluding hydrogens is 284 g/mol. The Morgan fingerprint density at radius 1 is 1.21 bits per heavy atom. The molecule has 0 heterocycles. The van der Waals surface area contributed by atoms with Gasteiger partial charge in [-0.3, -0.25) is 0 Å². The smallest absolute Gasteiger partial charge is 0.335 e. The van der Waals surface area contributed by atoms with Crippen molar-refractivity contribution in [1.82, 2.24) is 0 Å². The van der Waals surface area contributed by atoms with Crippen LogP contribution in [0, 0.1) is 0 Å². The second-order valence-corrected chi connectivity index (χ2v) is 7.45. The Kier molecular flexibility index (Phi) is 6.37. The molecule has 106 valence electrons. The van der Waals surface area contributed by atoms with Crippen molar-refractivity contribution in [3.63, 3.8) is 0 Å². The minimum Gasteiger partial charge on any atom is -0.478 e. The summed E-state index contributed by atoms with van der Waals surface area (Å²) in [5.74, 6) is 0.583. The second-order valence-electron chi connectivity index (χ2n) is 4.11. The van der Waals surface area contributed by atoms with Gasteiger partial charge in [0.2, 0.25) is 0 Å². The summed E-state index contributed by atoms with van der Waals surface area (Å²) in [7, 11) is -3.30. The van der Waals surface area contributed by atoms with Crippen molar-refractivity contribution in [3.8, 4) is 0 Å². The van der Waals surface area contributed by atoms with E-state index < -0.39 is 15.8 Å². The minimum absolute atomic E-state index is 0.0911. The first kappa shape index (κ1) is 16.0. The van der Waals surface area contributed by atoms with E-state index in [1.165, 1.54) is 24.3 Å². The molecule has 0 saturated heterocycles. The fourth-order valence-corrected chi connectivity index (χ4v) is 4.27. The highest BCUT2D eigenvalue weighted by Crippen LogP contribution is 2.15. The van der Waals surface area contributed by atoms with E-state index in [1.54, 1.807) is 11.8 Å². The van der Waals surface area contributed by atoms with E-state index in [4.69, 9.17) is 5.11 Å². The van der Waals surface area contributed by atoms with Gasteiger partial charge in [-0.25, -0.2) is 13.2 Å². The summed E-state index contributed by atoms with van der Waals surface area (Å²) in [6.45, 7) is 2.10. The summed E-state index contributed by atoms with van der Waals surface area (Å²) in [5.41, 5.74) is 0.0938. The van der Waals surface area contributed by atoms with Crippen molar-refractivity contribution in [3.05, 3.63) is 29.8 Å². The zero-order valence-electron chi connectivity index (χ0n) is 10.8. The first-order valence-corrected chi connectivity index (χ1v) is 8.92. The molecule has 4 nitrogen and oxygen atoms in total. The Hall–Kier alpha value is -1.01. The Morgan fingerprint density at radius 2 is 1.84 bits per heavy atom. The third-order valence-corrected chi connectivity index (χ3v) is 5.66. The van der Waals surface area contributed by atoms with E-state index in [9.17, 15) is 13.2 Å². The lowest BCUT2D eigenvalue weighted by molar-refractivity contribution is 0.0697. The number of aromatic carboxylic acids is 1. The summed E-state index contributed by atoms with van der Waals surface area (Å²) in [4.78, 5) is 10.9. The summed E-state index contributed by atoms with van der Waals surface area (Å²) < 4.78 is 24.0. The molecule has 1 rings (SSSR count). The van der Waals surface area contributed by atoms with Gasteiger partial charge in [-0.15, -0.1) is 0 Å². The molecule has 0 aliphatic rings. The highest BCUT2D eigenvalue weighted by atomic mass is 32.2. The van der Waals surface area contributed by atoms with Gasteiger partial charge in [-0.2, -0.15) is 11.8 Å². The summed E-state index contributed by atoms with van der Waals surface area (Å²) >= 11 is 1.63. The third kappa shape index (κ3) is 5.24. The van der Waals surface area contributed by atoms with Crippen molar-refractivity contribution in [2.24, 2.45) is 0 Å². The maximum absolute atomic E-state index is 12.0. The predicted molar refractivity (Wildman–Crippen MR) is 77.7 cm³/mol. The predicted octanol–water partition coefficient (Wildman–Crippen LogP) is 2.69. The maximum Gasteiger partial charge on any atom is 0.335 e. The largest absolute Gasteiger partial charge is 0.478 e. The van der Waals surface area contributed by atoms with Crippen LogP contribution >= 0.6 is 11.8 Å². The molecule has 0 amide bonds. The molecule has 19 heavy (non-hydrogen) atoms. The van der Waals surface area contributed by atoms with Gasteiger partial charge < -0.3 is 5.11 Å². The number of rotatable bonds is 8. The molecule has 1 N–H and O–H groups in total. The molecule has 0 aromatic heterocycles. The van der Waals surface area contributed by atoms with Crippen molar-refractivity contribution in [2.45, 2.75) is 24.7 Å². The zero-order valence-corrected chi connectivity index (χ0v) is 12.5. The molecule has 0 unspecified atom stereocenters. The number of thioether (sulfide) groups is 1. The SMILES string of the molecule is CCCCSCCS(=O)(=O)c1ccc(C(=O)O)cc1. The fraction of sp³-hybridized carbons (Fsp3) is 0.462. The second kappa shape index (κ2) is 7.55. The molecule has 1 aromatic carbocycles. The molecule has 0 fully saturated rings. The van der Waals surface area contributed by atoms with Crippen molar-refractivity contribution in [1.29, 1.82) is 0 Å². The average Bonchev–Trinajstić information content (AvgIpc) is 2.38. The fourth-order valence-electron chi connectivity index (χ4n) is 1.44. The Balaban J connectivity index is 2.59. The van der Waals surface area contributed by atoms with Crippen LogP contribution in [0.15, 0.2) is 29.2 Å². The lowest BCUT2D eigenvalue weighted by Crippen LogP contribution is -2.09. The van der Waals surface area contributed by atoms with Gasteiger partial charge in [0.05, 0.1) is 16.2 Å². The number of hydrogen-bond donors (Lipinski definition) is 1. The number of unbranched alkanes of at least 4 members (excludes halogenated alkanes) is 1. The Morgan fingerprint density at radius 3 is 2.37 bits per heavy atom. The number of hydrogen-bond acceptors (Lipinski definition) is 4. The first-order valence-electron chi connectivity index (χ1n) is 6.11. The molecule has 0 aliphatic heterocycles. The van der Waals surface area contributed by atoms with Crippen LogP contribution < -0.4 is 0 Å². The number of carbonyl (C=O) groups is 1. The molecule has 0 radical (unpaired) electrons. The standard InChI is InChI=1S/C13H18O4S2/c1-2-3-8-18-9-10-19(16,17)12-6-4-11(5-7-12)13(14)15/h4-7H,2-3,8-10H2,1H3,(H,14,15). The van der Waals surface area contributed by atoms with Crippen molar-refractivity contribution in [2.75, 3.05) is 17.3 Å². The van der Waals surface area contributed by atoms with Crippen molar-refractivity contribution >= 4 is 27.6 Å². The van der Waals surface area contributed by atoms with Gasteiger partial charge in [-0.1, -0.05) is 13.3 Å². The van der Waals surface area contributed by atoms with E-state index in [-0.39, 0.29) is 16.2 Å². The van der Waals surface area contributed by atoms with E-state index >= 15 is 0 Å². The van der Waals surface area contributed by atoms with Crippen LogP contribution in [-0.2, 0) is 9.84 Å². The first-order chi connectivity index (χ1) is 8.97. The Bertz CT molecular complexity index is 506. The van der Waals surface area contributed by atoms with Gasteiger partial charge >= 0.3 is 5.97 Å². The quantitative estimate of drug-likeness (QED) is 0.748. The van der Waals surface area contributed by atoms with Crippen LogP contribution in [0.25, 0.3) is 0 Å². The number of carboxylic acid groups (broad SMARTS) is 1. The molecule has 6 heteroatoms. The molecule has 0 aliphatic carbocycles. The average molecular weight is 302 g/mol. The Labute approximate surface area is 118 Å². The van der Waals surface area contributed by atoms with Gasteiger partial charge in [-0.05, 0) is 36.4 Å². The lowest BCUT2D eigenvalue weighted by Gasteiger charge is -2.05. The number of carboxylic acids is 1. The van der Waals surface area contributed by atoms with E-state index in [0.29, 0.717) is 5.75 Å². The third-order valence-electron chi connectivity index (χ3n) is 2.60. The summed E-state index contributed by atoms with van der Waals surface area (Å²) in [5, 5.41) is 8.75. The minimum atomic E-state index is -3.30. The summed E-state index contributed by atoms with van der Waals surface area (Å²) in [6, 6.07) is 5.35. The molecule has 0 spiro atoms. The lowest BCUT2D eigenvalue weighted by atomic mass is 10.2. The number of benzene rings is 1. The molecule has 0 atom stereocenters.